The van der Waals surface area contributed by atoms with E-state index in [4.69, 9.17) is 11.6 Å². The molecule has 0 fully saturated rings. The third-order valence-electron chi connectivity index (χ3n) is 2.05. The molecule has 1 nitrogen and oxygen atoms in total. The first-order chi connectivity index (χ1) is 4.77. The summed E-state index contributed by atoms with van der Waals surface area (Å²) in [5, 5.41) is 0.422. The molecule has 0 saturated carbocycles. The van der Waals surface area contributed by atoms with Gasteiger partial charge in [0.2, 0.25) is 0 Å². The van der Waals surface area contributed by atoms with Gasteiger partial charge in [-0.25, -0.2) is 0 Å². The van der Waals surface area contributed by atoms with E-state index in [1.54, 1.807) is 0 Å². The number of rotatable bonds is 0. The highest BCUT2D eigenvalue weighted by Gasteiger charge is 2.30. The molecular weight excluding hydrogens is 148 g/mol. The van der Waals surface area contributed by atoms with Crippen LogP contribution < -0.4 is 0 Å². The molecule has 0 radical (unpaired) electrons. The van der Waals surface area contributed by atoms with E-state index in [1.807, 2.05) is 12.2 Å². The van der Waals surface area contributed by atoms with Crippen LogP contribution >= 0.6 is 11.6 Å². The number of hydrogen-bond acceptors (Lipinski definition) is 1. The van der Waals surface area contributed by atoms with Gasteiger partial charge in [0.1, 0.15) is 0 Å². The number of carbonyl (C=O) groups excluding carboxylic acids is 1. The monoisotopic (exact) mass is 154 g/mol. The lowest BCUT2D eigenvalue weighted by molar-refractivity contribution is -0.117. The van der Waals surface area contributed by atoms with Crippen molar-refractivity contribution in [1.29, 1.82) is 0 Å². The minimum absolute atomic E-state index is 0.0856. The van der Waals surface area contributed by atoms with Crippen LogP contribution in [0.25, 0.3) is 0 Å². The van der Waals surface area contributed by atoms with Gasteiger partial charge in [0.05, 0.1) is 5.03 Å². The molecule has 0 aromatic carbocycles. The normalized spacial score (nSPS) is 36.5. The molecule has 10 heavy (non-hydrogen) atoms. The highest BCUT2D eigenvalue weighted by atomic mass is 35.5. The lowest BCUT2D eigenvalue weighted by Gasteiger charge is -2.13. The Hall–Kier alpha value is -0.560. The summed E-state index contributed by atoms with van der Waals surface area (Å²) in [7, 11) is 0. The molecular formula is C8H7ClO. The van der Waals surface area contributed by atoms with Gasteiger partial charge in [-0.15, -0.1) is 0 Å². The quantitative estimate of drug-likeness (QED) is 0.487. The Morgan fingerprint density at radius 1 is 1.50 bits per heavy atom. The molecule has 2 rings (SSSR count). The Bertz CT molecular complexity index is 240. The molecule has 2 atom stereocenters. The maximum Gasteiger partial charge on any atom is 0.180 e. The van der Waals surface area contributed by atoms with Crippen LogP contribution in [0.2, 0.25) is 0 Å². The Balaban J connectivity index is 2.41. The van der Waals surface area contributed by atoms with Crippen LogP contribution in [-0.2, 0) is 4.79 Å². The number of ketones is 1. The summed E-state index contributed by atoms with van der Waals surface area (Å²) < 4.78 is 0. The first-order valence-electron chi connectivity index (χ1n) is 3.37. The van der Waals surface area contributed by atoms with E-state index in [9.17, 15) is 4.79 Å². The van der Waals surface area contributed by atoms with E-state index in [1.165, 1.54) is 0 Å². The molecule has 0 aromatic heterocycles. The van der Waals surface area contributed by atoms with Crippen LogP contribution in [-0.4, -0.2) is 5.78 Å². The van der Waals surface area contributed by atoms with E-state index in [0.717, 1.165) is 6.42 Å². The first kappa shape index (κ1) is 6.17. The lowest BCUT2D eigenvalue weighted by Crippen LogP contribution is -2.15. The van der Waals surface area contributed by atoms with Crippen LogP contribution in [0.5, 0.6) is 0 Å². The molecule has 2 bridgehead atoms. The fourth-order valence-corrected chi connectivity index (χ4v) is 1.79. The Labute approximate surface area is 64.4 Å². The summed E-state index contributed by atoms with van der Waals surface area (Å²) in [4.78, 5) is 11.1. The van der Waals surface area contributed by atoms with Crippen molar-refractivity contribution < 1.29 is 4.79 Å². The zero-order chi connectivity index (χ0) is 7.14. The van der Waals surface area contributed by atoms with Crippen LogP contribution in [0.1, 0.15) is 6.42 Å². The van der Waals surface area contributed by atoms with Crippen molar-refractivity contribution in [1.82, 2.24) is 0 Å². The Kier molecular flexibility index (Phi) is 1.21. The van der Waals surface area contributed by atoms with Crippen LogP contribution in [0.3, 0.4) is 0 Å². The predicted molar refractivity (Wildman–Crippen MR) is 39.7 cm³/mol. The average molecular weight is 155 g/mol. The fraction of sp³-hybridized carbons (Fsp3) is 0.375. The Morgan fingerprint density at radius 2 is 2.30 bits per heavy atom. The van der Waals surface area contributed by atoms with Gasteiger partial charge in [-0.1, -0.05) is 29.8 Å². The van der Waals surface area contributed by atoms with Gasteiger partial charge < -0.3 is 0 Å². The predicted octanol–water partition coefficient (Wildman–Crippen LogP) is 1.88. The van der Waals surface area contributed by atoms with Gasteiger partial charge in [0.25, 0.3) is 0 Å². The highest BCUT2D eigenvalue weighted by Crippen LogP contribution is 2.34. The van der Waals surface area contributed by atoms with E-state index >= 15 is 0 Å². The molecule has 2 heteroatoms. The van der Waals surface area contributed by atoms with Crippen molar-refractivity contribution in [2.75, 3.05) is 0 Å². The maximum absolute atomic E-state index is 11.1. The minimum atomic E-state index is 0.0856. The molecule has 52 valence electrons. The summed E-state index contributed by atoms with van der Waals surface area (Å²) >= 11 is 5.67. The van der Waals surface area contributed by atoms with Crippen molar-refractivity contribution in [3.8, 4) is 0 Å². The number of Topliss-reactive ketones (excluding diaryl/α,β-unsaturated/α-hetero) is 1. The second-order valence-corrected chi connectivity index (χ2v) is 3.18. The number of allylic oxidation sites excluding steroid dienone is 4. The SMILES string of the molecule is O=C1C(Cl)=CC2C=CC1C2. The standard InChI is InChI=1S/C8H7ClO/c9-7-4-5-1-2-6(3-5)8(7)10/h1-2,4-6H,3H2. The van der Waals surface area contributed by atoms with Crippen molar-refractivity contribution in [3.05, 3.63) is 23.3 Å². The van der Waals surface area contributed by atoms with Crippen molar-refractivity contribution >= 4 is 17.4 Å². The molecule has 2 unspecified atom stereocenters. The maximum atomic E-state index is 11.1. The number of fused-ring (bicyclic) bond motifs is 2. The van der Waals surface area contributed by atoms with Crippen molar-refractivity contribution in [2.45, 2.75) is 6.42 Å². The molecule has 0 heterocycles. The fourth-order valence-electron chi connectivity index (χ4n) is 1.49. The molecule has 0 N–H and O–H groups in total. The summed E-state index contributed by atoms with van der Waals surface area (Å²) in [6.07, 6.45) is 6.79. The highest BCUT2D eigenvalue weighted by molar-refractivity contribution is 6.43. The van der Waals surface area contributed by atoms with Gasteiger partial charge >= 0.3 is 0 Å². The van der Waals surface area contributed by atoms with E-state index < -0.39 is 0 Å². The molecule has 0 aliphatic heterocycles. The summed E-state index contributed by atoms with van der Waals surface area (Å²) in [6.45, 7) is 0. The van der Waals surface area contributed by atoms with Crippen molar-refractivity contribution in [2.24, 2.45) is 11.8 Å². The summed E-state index contributed by atoms with van der Waals surface area (Å²) in [5.41, 5.74) is 0. The Morgan fingerprint density at radius 3 is 3.10 bits per heavy atom. The molecule has 2 aliphatic carbocycles. The third kappa shape index (κ3) is 0.739. The van der Waals surface area contributed by atoms with Gasteiger partial charge in [-0.3, -0.25) is 4.79 Å². The third-order valence-corrected chi connectivity index (χ3v) is 2.36. The molecule has 0 spiro atoms. The largest absolute Gasteiger partial charge is 0.293 e. The topological polar surface area (TPSA) is 17.1 Å². The molecule has 0 amide bonds. The summed E-state index contributed by atoms with van der Waals surface area (Å²) in [6, 6.07) is 0. The summed E-state index contributed by atoms with van der Waals surface area (Å²) in [5.74, 6) is 0.601. The zero-order valence-electron chi connectivity index (χ0n) is 5.38. The first-order valence-corrected chi connectivity index (χ1v) is 3.75. The average Bonchev–Trinajstić information content (AvgIpc) is 2.29. The second kappa shape index (κ2) is 1.96. The van der Waals surface area contributed by atoms with Crippen molar-refractivity contribution in [3.63, 3.8) is 0 Å². The smallest absolute Gasteiger partial charge is 0.180 e. The zero-order valence-corrected chi connectivity index (χ0v) is 6.14. The van der Waals surface area contributed by atoms with E-state index in [-0.39, 0.29) is 11.7 Å². The van der Waals surface area contributed by atoms with Crippen LogP contribution in [0.15, 0.2) is 23.3 Å². The second-order valence-electron chi connectivity index (χ2n) is 2.77. The lowest BCUT2D eigenvalue weighted by atomic mass is 9.93. The van der Waals surface area contributed by atoms with Gasteiger partial charge in [0.15, 0.2) is 5.78 Å². The van der Waals surface area contributed by atoms with Crippen LogP contribution in [0, 0.1) is 11.8 Å². The van der Waals surface area contributed by atoms with E-state index in [0.29, 0.717) is 11.0 Å². The molecule has 0 aromatic rings. The van der Waals surface area contributed by atoms with E-state index in [2.05, 4.69) is 6.08 Å². The van der Waals surface area contributed by atoms with Gasteiger partial charge in [-0.05, 0) is 12.3 Å². The number of halogens is 1. The number of carbonyl (C=O) groups is 1. The van der Waals surface area contributed by atoms with Gasteiger partial charge in [0, 0.05) is 5.92 Å². The molecule has 2 aliphatic rings. The van der Waals surface area contributed by atoms with Crippen LogP contribution in [0.4, 0.5) is 0 Å². The number of hydrogen-bond donors (Lipinski definition) is 0. The van der Waals surface area contributed by atoms with Gasteiger partial charge in [-0.2, -0.15) is 0 Å². The molecule has 0 saturated heterocycles. The minimum Gasteiger partial charge on any atom is -0.293 e.